The van der Waals surface area contributed by atoms with Gasteiger partial charge in [0.2, 0.25) is 0 Å². The van der Waals surface area contributed by atoms with Crippen LogP contribution in [0.3, 0.4) is 0 Å². The number of Topliss-reactive ketones (excluding diaryl/α,β-unsaturated/α-hetero) is 1. The molecule has 0 saturated heterocycles. The molecule has 0 heterocycles. The molecular formula is C17H19ClO4. The number of benzene rings is 1. The van der Waals surface area contributed by atoms with Gasteiger partial charge in [0.05, 0.1) is 10.6 Å². The molecule has 1 aliphatic carbocycles. The Morgan fingerprint density at radius 2 is 1.77 bits per heavy atom. The SMILES string of the molecule is CC(C)(C)C1(O)C=C(Cl)C(C(=O)c2ccccc2)=C(O)C1O. The van der Waals surface area contributed by atoms with Gasteiger partial charge in [-0.2, -0.15) is 0 Å². The van der Waals surface area contributed by atoms with Gasteiger partial charge in [0, 0.05) is 5.56 Å². The van der Waals surface area contributed by atoms with Crippen LogP contribution in [0.1, 0.15) is 31.1 Å². The van der Waals surface area contributed by atoms with Crippen molar-refractivity contribution in [2.24, 2.45) is 5.41 Å². The summed E-state index contributed by atoms with van der Waals surface area (Å²) in [6.45, 7) is 5.11. The van der Waals surface area contributed by atoms with Crippen molar-refractivity contribution in [2.45, 2.75) is 32.5 Å². The molecule has 0 fully saturated rings. The molecule has 0 amide bonds. The Morgan fingerprint density at radius 3 is 2.27 bits per heavy atom. The third-order valence-corrected chi connectivity index (χ3v) is 4.28. The number of hydrogen-bond donors (Lipinski definition) is 3. The van der Waals surface area contributed by atoms with Gasteiger partial charge in [-0.25, -0.2) is 0 Å². The molecule has 2 unspecified atom stereocenters. The molecule has 1 aromatic carbocycles. The highest BCUT2D eigenvalue weighted by atomic mass is 35.5. The molecule has 1 aromatic rings. The second-order valence-electron chi connectivity index (χ2n) is 6.43. The van der Waals surface area contributed by atoms with Gasteiger partial charge in [-0.3, -0.25) is 4.79 Å². The average molecular weight is 323 g/mol. The predicted molar refractivity (Wildman–Crippen MR) is 84.8 cm³/mol. The molecule has 118 valence electrons. The highest BCUT2D eigenvalue weighted by Crippen LogP contribution is 2.43. The van der Waals surface area contributed by atoms with E-state index in [9.17, 15) is 20.1 Å². The minimum atomic E-state index is -1.77. The topological polar surface area (TPSA) is 77.8 Å². The van der Waals surface area contributed by atoms with E-state index in [1.165, 1.54) is 6.08 Å². The summed E-state index contributed by atoms with van der Waals surface area (Å²) in [7, 11) is 0. The van der Waals surface area contributed by atoms with Crippen molar-refractivity contribution < 1.29 is 20.1 Å². The number of aliphatic hydroxyl groups excluding tert-OH is 2. The minimum absolute atomic E-state index is 0.0749. The second kappa shape index (κ2) is 5.54. The van der Waals surface area contributed by atoms with Crippen LogP contribution in [0.5, 0.6) is 0 Å². The quantitative estimate of drug-likeness (QED) is 0.732. The van der Waals surface area contributed by atoms with Crippen LogP contribution in [-0.2, 0) is 0 Å². The first-order chi connectivity index (χ1) is 10.1. The van der Waals surface area contributed by atoms with Crippen LogP contribution in [-0.4, -0.2) is 32.8 Å². The van der Waals surface area contributed by atoms with Crippen molar-refractivity contribution in [3.63, 3.8) is 0 Å². The van der Waals surface area contributed by atoms with Gasteiger partial charge in [0.1, 0.15) is 17.5 Å². The third kappa shape index (κ3) is 2.58. The Morgan fingerprint density at radius 1 is 1.23 bits per heavy atom. The van der Waals surface area contributed by atoms with Crippen molar-refractivity contribution in [1.29, 1.82) is 0 Å². The Kier molecular flexibility index (Phi) is 4.22. The van der Waals surface area contributed by atoms with E-state index in [1.807, 2.05) is 0 Å². The molecule has 4 nitrogen and oxygen atoms in total. The van der Waals surface area contributed by atoms with Gasteiger partial charge < -0.3 is 15.3 Å². The zero-order valence-electron chi connectivity index (χ0n) is 12.7. The molecule has 3 N–H and O–H groups in total. The van der Waals surface area contributed by atoms with Crippen molar-refractivity contribution >= 4 is 17.4 Å². The number of carbonyl (C=O) groups excluding carboxylic acids is 1. The largest absolute Gasteiger partial charge is 0.509 e. The van der Waals surface area contributed by atoms with E-state index in [1.54, 1.807) is 51.1 Å². The maximum atomic E-state index is 12.5. The number of carbonyl (C=O) groups is 1. The van der Waals surface area contributed by atoms with Gasteiger partial charge in [-0.1, -0.05) is 62.7 Å². The molecule has 0 saturated carbocycles. The molecule has 2 atom stereocenters. The fraction of sp³-hybridized carbons (Fsp3) is 0.353. The maximum absolute atomic E-state index is 12.5. The fourth-order valence-electron chi connectivity index (χ4n) is 2.40. The molecule has 0 aliphatic heterocycles. The lowest BCUT2D eigenvalue weighted by Crippen LogP contribution is -2.54. The van der Waals surface area contributed by atoms with E-state index in [0.29, 0.717) is 5.56 Å². The van der Waals surface area contributed by atoms with Crippen molar-refractivity contribution in [1.82, 2.24) is 0 Å². The van der Waals surface area contributed by atoms with Gasteiger partial charge in [0.15, 0.2) is 5.78 Å². The number of rotatable bonds is 2. The highest BCUT2D eigenvalue weighted by Gasteiger charge is 2.50. The molecule has 0 spiro atoms. The molecule has 0 aromatic heterocycles. The van der Waals surface area contributed by atoms with Gasteiger partial charge in [-0.15, -0.1) is 0 Å². The van der Waals surface area contributed by atoms with E-state index in [-0.39, 0.29) is 10.6 Å². The second-order valence-corrected chi connectivity index (χ2v) is 6.83. The molecule has 5 heteroatoms. The Hall–Kier alpha value is -1.62. The number of ketones is 1. The zero-order chi connectivity index (χ0) is 16.7. The van der Waals surface area contributed by atoms with Gasteiger partial charge in [0.25, 0.3) is 0 Å². The van der Waals surface area contributed by atoms with Gasteiger partial charge >= 0.3 is 0 Å². The molecular weight excluding hydrogens is 304 g/mol. The molecule has 0 bridgehead atoms. The van der Waals surface area contributed by atoms with Crippen LogP contribution in [0.4, 0.5) is 0 Å². The van der Waals surface area contributed by atoms with Gasteiger partial charge in [-0.05, 0) is 11.5 Å². The maximum Gasteiger partial charge on any atom is 0.198 e. The van der Waals surface area contributed by atoms with Crippen molar-refractivity contribution in [3.05, 3.63) is 58.3 Å². The molecule has 2 rings (SSSR count). The Labute approximate surface area is 134 Å². The molecule has 0 radical (unpaired) electrons. The number of halogens is 1. The number of aliphatic hydroxyl groups is 3. The smallest absolute Gasteiger partial charge is 0.198 e. The first-order valence-corrected chi connectivity index (χ1v) is 7.29. The van der Waals surface area contributed by atoms with Crippen LogP contribution >= 0.6 is 11.6 Å². The summed E-state index contributed by atoms with van der Waals surface area (Å²) in [4.78, 5) is 12.5. The van der Waals surface area contributed by atoms with Crippen LogP contribution < -0.4 is 0 Å². The predicted octanol–water partition coefficient (Wildman–Crippen LogP) is 2.96. The summed E-state index contributed by atoms with van der Waals surface area (Å²) in [5, 5.41) is 31.2. The number of allylic oxidation sites excluding steroid dienone is 2. The van der Waals surface area contributed by atoms with E-state index in [2.05, 4.69) is 0 Å². The standard InChI is InChI=1S/C17H19ClO4/c1-16(2,3)17(22)9-11(18)12(14(20)15(17)21)13(19)10-7-5-4-6-8-10/h4-9,15,20-22H,1-3H3. The number of hydrogen-bond acceptors (Lipinski definition) is 4. The molecule has 22 heavy (non-hydrogen) atoms. The van der Waals surface area contributed by atoms with Crippen LogP contribution in [0.2, 0.25) is 0 Å². The lowest BCUT2D eigenvalue weighted by Gasteiger charge is -2.43. The first-order valence-electron chi connectivity index (χ1n) is 6.91. The summed E-state index contributed by atoms with van der Waals surface area (Å²) in [5.74, 6) is -1.12. The van der Waals surface area contributed by atoms with Crippen molar-refractivity contribution in [2.75, 3.05) is 0 Å². The monoisotopic (exact) mass is 322 g/mol. The summed E-state index contributed by atoms with van der Waals surface area (Å²) < 4.78 is 0. The van der Waals surface area contributed by atoms with E-state index in [0.717, 1.165) is 0 Å². The van der Waals surface area contributed by atoms with Crippen LogP contribution in [0, 0.1) is 5.41 Å². The average Bonchev–Trinajstić information content (AvgIpc) is 2.44. The summed E-state index contributed by atoms with van der Waals surface area (Å²) in [6, 6.07) is 8.31. The minimum Gasteiger partial charge on any atom is -0.509 e. The lowest BCUT2D eigenvalue weighted by molar-refractivity contribution is -0.105. The Balaban J connectivity index is 2.52. The lowest BCUT2D eigenvalue weighted by atomic mass is 9.69. The fourth-order valence-corrected chi connectivity index (χ4v) is 2.75. The first kappa shape index (κ1) is 16.7. The third-order valence-electron chi connectivity index (χ3n) is 3.98. The van der Waals surface area contributed by atoms with Crippen LogP contribution in [0.25, 0.3) is 0 Å². The summed E-state index contributed by atoms with van der Waals surface area (Å²) >= 11 is 6.13. The normalized spacial score (nSPS) is 25.9. The summed E-state index contributed by atoms with van der Waals surface area (Å²) in [6.07, 6.45) is -0.396. The Bertz CT molecular complexity index is 655. The van der Waals surface area contributed by atoms with Crippen molar-refractivity contribution in [3.8, 4) is 0 Å². The van der Waals surface area contributed by atoms with Crippen LogP contribution in [0.15, 0.2) is 52.8 Å². The van der Waals surface area contributed by atoms with E-state index >= 15 is 0 Å². The highest BCUT2D eigenvalue weighted by molar-refractivity contribution is 6.37. The van der Waals surface area contributed by atoms with E-state index in [4.69, 9.17) is 11.6 Å². The van der Waals surface area contributed by atoms with E-state index < -0.39 is 28.7 Å². The molecule has 1 aliphatic rings. The summed E-state index contributed by atoms with van der Waals surface area (Å²) in [5.41, 5.74) is -2.41. The zero-order valence-corrected chi connectivity index (χ0v) is 13.4.